The molecule has 4 heterocycles. The van der Waals surface area contributed by atoms with E-state index in [1.54, 1.807) is 0 Å². The molecule has 1 aliphatic carbocycles. The lowest BCUT2D eigenvalue weighted by atomic mass is 9.82. The molecule has 0 bridgehead atoms. The number of hydrogen-bond donors (Lipinski definition) is 0. The smallest absolute Gasteiger partial charge is 0.137 e. The van der Waals surface area contributed by atoms with Crippen molar-refractivity contribution in [3.8, 4) is 55.6 Å². The molecule has 24 aromatic carbocycles. The predicted molar refractivity (Wildman–Crippen MR) is 614 cm³/mol. The first-order valence-electron chi connectivity index (χ1n) is 48.6. The van der Waals surface area contributed by atoms with Crippen LogP contribution in [-0.4, -0.2) is 0 Å². The van der Waals surface area contributed by atoms with E-state index in [0.29, 0.717) is 0 Å². The molecule has 4 aromatic heterocycles. The molecule has 668 valence electrons. The molecule has 0 saturated heterocycles. The highest BCUT2D eigenvalue weighted by Gasteiger charge is 2.36. The van der Waals surface area contributed by atoms with Gasteiger partial charge in [-0.1, -0.05) is 360 Å². The lowest BCUT2D eigenvalue weighted by Gasteiger charge is -2.29. The Morgan fingerprint density at radius 1 is 0.169 bits per heavy atom. The summed E-state index contributed by atoms with van der Waals surface area (Å²) in [6.45, 7) is 4.72. The van der Waals surface area contributed by atoms with E-state index < -0.39 is 0 Å². The second kappa shape index (κ2) is 34.7. The van der Waals surface area contributed by atoms with Gasteiger partial charge >= 0.3 is 0 Å². The number of benzene rings is 24. The fourth-order valence-electron chi connectivity index (χ4n) is 22.2. The Morgan fingerprint density at radius 3 is 0.852 bits per heavy atom. The van der Waals surface area contributed by atoms with Gasteiger partial charge in [0.05, 0.1) is 17.1 Å². The van der Waals surface area contributed by atoms with E-state index in [0.717, 1.165) is 61.8 Å². The van der Waals surface area contributed by atoms with Gasteiger partial charge < -0.3 is 19.1 Å². The third-order valence-corrected chi connectivity index (χ3v) is 32.6. The first kappa shape index (κ1) is 84.0. The maximum atomic E-state index is 6.38. The van der Waals surface area contributed by atoms with Gasteiger partial charge in [-0.25, -0.2) is 0 Å². The van der Waals surface area contributed by atoms with Gasteiger partial charge in [0, 0.05) is 133 Å². The molecule has 0 saturated carbocycles. The lowest BCUT2D eigenvalue weighted by Crippen LogP contribution is -2.16. The van der Waals surface area contributed by atoms with Gasteiger partial charge in [-0.3, -0.25) is 0 Å². The van der Waals surface area contributed by atoms with Gasteiger partial charge in [0.15, 0.2) is 0 Å². The summed E-state index contributed by atoms with van der Waals surface area (Å²) in [6, 6.07) is 184. The Kier molecular flexibility index (Phi) is 20.5. The molecule has 29 rings (SSSR count). The van der Waals surface area contributed by atoms with Crippen LogP contribution in [0.15, 0.2) is 508 Å². The summed E-state index contributed by atoms with van der Waals surface area (Å²) in [5.41, 5.74) is 27.0. The van der Waals surface area contributed by atoms with Crippen LogP contribution in [0.25, 0.3) is 203 Å². The van der Waals surface area contributed by atoms with Crippen LogP contribution in [0.1, 0.15) is 25.0 Å². The number of nitrogens with zero attached hydrogens (tertiary/aromatic N) is 3. The molecule has 28 aromatic rings. The summed E-state index contributed by atoms with van der Waals surface area (Å²) >= 11 is 5.63. The van der Waals surface area contributed by atoms with Crippen molar-refractivity contribution >= 4 is 232 Å². The van der Waals surface area contributed by atoms with Gasteiger partial charge in [0.2, 0.25) is 0 Å². The number of rotatable bonds is 13. The molecule has 0 aliphatic heterocycles. The van der Waals surface area contributed by atoms with Crippen molar-refractivity contribution in [2.24, 2.45) is 0 Å². The minimum absolute atomic E-state index is 0.0879. The topological polar surface area (TPSA) is 22.9 Å². The largest absolute Gasteiger partial charge is 0.456 e. The number of hydrogen-bond acceptors (Lipinski definition) is 7. The third kappa shape index (κ3) is 14.6. The molecule has 0 unspecified atom stereocenters. The van der Waals surface area contributed by atoms with E-state index in [2.05, 4.69) is 520 Å². The number of fused-ring (bicyclic) bond motifs is 24. The molecule has 142 heavy (non-hydrogen) atoms. The minimum Gasteiger partial charge on any atom is -0.456 e. The molecule has 0 radical (unpaired) electrons. The Morgan fingerprint density at radius 2 is 0.458 bits per heavy atom. The molecule has 7 heteroatoms. The highest BCUT2D eigenvalue weighted by molar-refractivity contribution is 7.26. The Hall–Kier alpha value is -17.3. The highest BCUT2D eigenvalue weighted by Crippen LogP contribution is 2.54. The zero-order valence-corrected chi connectivity index (χ0v) is 80.3. The molecule has 0 atom stereocenters. The Bertz CT molecular complexity index is 9730. The normalized spacial score (nSPS) is 12.2. The molecule has 0 spiro atoms. The zero-order chi connectivity index (χ0) is 94.0. The molecular formula is C135H89N3OS3. The zero-order valence-electron chi connectivity index (χ0n) is 77.9. The SMILES string of the molecule is CC1(C)c2ccccc2-c2ccc(N(c3ccc(-c4ccccc4)cc3)c3cccc4c3ccc3cc5c(cc34)sc3ccccc35)cc21.c1ccc(-c2ccc(N(c3ccc(-c4ccccc4)cc3)c3cccc4c3ccc3cc5c(cc34)sc3ccccc35)cc2)cc1.c1ccc(-c2ccc(N(c3ccc4c(c3)oc3ccccc34)c3cccc4c3ccc3cc5c(cc34)sc3ccccc35)cc2)cc1. The highest BCUT2D eigenvalue weighted by atomic mass is 32.1. The molecule has 0 fully saturated rings. The predicted octanol–water partition coefficient (Wildman–Crippen LogP) is 40.4. The summed E-state index contributed by atoms with van der Waals surface area (Å²) in [5, 5.41) is 25.4. The van der Waals surface area contributed by atoms with Crippen LogP contribution in [0.2, 0.25) is 0 Å². The van der Waals surface area contributed by atoms with Crippen molar-refractivity contribution in [1.29, 1.82) is 0 Å². The van der Waals surface area contributed by atoms with Gasteiger partial charge in [0.1, 0.15) is 11.2 Å². The van der Waals surface area contributed by atoms with E-state index in [9.17, 15) is 0 Å². The average Bonchev–Trinajstić information content (AvgIpc) is 1.55. The number of anilines is 9. The van der Waals surface area contributed by atoms with Crippen LogP contribution in [0.3, 0.4) is 0 Å². The number of furan rings is 1. The van der Waals surface area contributed by atoms with Gasteiger partial charge in [-0.15, -0.1) is 34.0 Å². The van der Waals surface area contributed by atoms with E-state index in [4.69, 9.17) is 4.42 Å². The molecule has 4 nitrogen and oxygen atoms in total. The lowest BCUT2D eigenvalue weighted by molar-refractivity contribution is 0.660. The van der Waals surface area contributed by atoms with E-state index in [1.165, 1.54) is 203 Å². The van der Waals surface area contributed by atoms with Gasteiger partial charge in [-0.05, 0) is 267 Å². The van der Waals surface area contributed by atoms with Crippen molar-refractivity contribution in [3.63, 3.8) is 0 Å². The van der Waals surface area contributed by atoms with Gasteiger partial charge in [0.25, 0.3) is 0 Å². The summed E-state index contributed by atoms with van der Waals surface area (Å²) < 4.78 is 14.4. The van der Waals surface area contributed by atoms with Crippen LogP contribution in [-0.2, 0) is 5.41 Å². The first-order chi connectivity index (χ1) is 70.1. The van der Waals surface area contributed by atoms with Crippen molar-refractivity contribution < 1.29 is 4.42 Å². The molecule has 0 amide bonds. The van der Waals surface area contributed by atoms with Crippen LogP contribution in [0, 0.1) is 0 Å². The van der Waals surface area contributed by atoms with Crippen LogP contribution in [0.5, 0.6) is 0 Å². The maximum absolute atomic E-state index is 6.38. The maximum Gasteiger partial charge on any atom is 0.137 e. The molecule has 0 N–H and O–H groups in total. The summed E-state index contributed by atoms with van der Waals surface area (Å²) in [7, 11) is 0. The average molecular weight is 1870 g/mol. The Balaban J connectivity index is 0.000000107. The number of thiophene rings is 3. The fraction of sp³-hybridized carbons (Fsp3) is 0.0222. The minimum atomic E-state index is -0.0879. The van der Waals surface area contributed by atoms with Crippen LogP contribution in [0.4, 0.5) is 51.2 Å². The summed E-state index contributed by atoms with van der Waals surface area (Å²) in [6.07, 6.45) is 0. The van der Waals surface area contributed by atoms with Gasteiger partial charge in [-0.2, -0.15) is 0 Å². The summed E-state index contributed by atoms with van der Waals surface area (Å²) in [4.78, 5) is 7.23. The fourth-order valence-corrected chi connectivity index (χ4v) is 25.6. The molecular weight excluding hydrogens is 1780 g/mol. The second-order valence-corrected chi connectivity index (χ2v) is 40.9. The van der Waals surface area contributed by atoms with E-state index >= 15 is 0 Å². The van der Waals surface area contributed by atoms with Crippen molar-refractivity contribution in [1.82, 2.24) is 0 Å². The summed E-state index contributed by atoms with van der Waals surface area (Å²) in [5.74, 6) is 0. The third-order valence-electron chi connectivity index (χ3n) is 29.2. The van der Waals surface area contributed by atoms with Crippen molar-refractivity contribution in [3.05, 3.63) is 515 Å². The second-order valence-electron chi connectivity index (χ2n) is 37.7. The quantitative estimate of drug-likeness (QED) is 0.107. The van der Waals surface area contributed by atoms with E-state index in [-0.39, 0.29) is 5.41 Å². The molecule has 1 aliphatic rings. The van der Waals surface area contributed by atoms with Crippen LogP contribution >= 0.6 is 34.0 Å². The first-order valence-corrected chi connectivity index (χ1v) is 51.1. The Labute approximate surface area is 834 Å². The van der Waals surface area contributed by atoms with E-state index in [1.807, 2.05) is 46.1 Å². The monoisotopic (exact) mass is 1860 g/mol. The van der Waals surface area contributed by atoms with Crippen LogP contribution < -0.4 is 14.7 Å². The van der Waals surface area contributed by atoms with Crippen molar-refractivity contribution in [2.45, 2.75) is 19.3 Å². The standard InChI is InChI=1S/C47H33NS.C44H27NOS.C44H29NS/c1-47(2)42-16-8-6-13-36(42)37-26-24-34(28-43(37)47)48(33-22-19-31(20-23-33)30-11-4-3-5-12-30)44-17-10-15-35-38(44)25-21-32-27-41-39-14-7-9-18-45(39)49-46(41)29-40(32)35;1-2-9-28(10-3-1)29-17-20-31(21-18-29)45(32-22-24-36-35-11-4-6-15-41(35)46-42(36)26-32)40-14-8-13-33-34(40)23-19-30-25-39-37-12-5-7-16-43(37)47-44(39)27-38(30)33;1-3-10-30(11-4-1)32-18-23-35(24-19-32)45(36-25-20-33(21-26-36)31-12-5-2-6-13-31)42-16-9-15-37-38(42)27-22-34-28-41-39-14-7-8-17-43(39)46-44(41)29-40(34)37/h3-29H,1-2H3;1-27H;1-29H. The van der Waals surface area contributed by atoms with Crippen molar-refractivity contribution in [2.75, 3.05) is 14.7 Å². The number of para-hydroxylation sites is 1.